The third kappa shape index (κ3) is 5.38. The van der Waals surface area contributed by atoms with Crippen molar-refractivity contribution in [3.63, 3.8) is 0 Å². The topological polar surface area (TPSA) is 60.8 Å². The lowest BCUT2D eigenvalue weighted by Crippen LogP contribution is -2.50. The third-order valence-corrected chi connectivity index (χ3v) is 5.17. The Kier molecular flexibility index (Phi) is 9.08. The maximum absolute atomic E-state index is 15.8. The second-order valence-corrected chi connectivity index (χ2v) is 7.69. The summed E-state index contributed by atoms with van der Waals surface area (Å²) in [6.07, 6.45) is 1.60. The number of nitrogens with zero attached hydrogens (tertiary/aromatic N) is 2. The molecule has 1 heterocycles. The Hall–Kier alpha value is -2.58. The number of carbonyl (C=O) groups is 2. The summed E-state index contributed by atoms with van der Waals surface area (Å²) in [7, 11) is 1.24. The van der Waals surface area contributed by atoms with Gasteiger partial charge in [-0.25, -0.2) is 9.59 Å². The van der Waals surface area contributed by atoms with E-state index in [-0.39, 0.29) is 41.5 Å². The minimum absolute atomic E-state index is 0.00932. The predicted molar refractivity (Wildman–Crippen MR) is 119 cm³/mol. The molecule has 0 amide bonds. The smallest absolute Gasteiger partial charge is 0.478 e. The normalized spacial score (nSPS) is 12.2. The third-order valence-electron chi connectivity index (χ3n) is 5.17. The van der Waals surface area contributed by atoms with Crippen molar-refractivity contribution in [2.75, 3.05) is 20.3 Å². The predicted octanol–water partition coefficient (Wildman–Crippen LogP) is 4.84. The summed E-state index contributed by atoms with van der Waals surface area (Å²) in [6, 6.07) is 0. The van der Waals surface area contributed by atoms with Gasteiger partial charge in [-0.3, -0.25) is 0 Å². The number of halogens is 2. The van der Waals surface area contributed by atoms with Gasteiger partial charge in [0, 0.05) is 0 Å². The number of rotatable bonds is 10. The lowest BCUT2D eigenvalue weighted by Gasteiger charge is -2.40. The molecule has 6 nitrogen and oxygen atoms in total. The van der Waals surface area contributed by atoms with Crippen LogP contribution in [0.15, 0.2) is 23.9 Å². The van der Waals surface area contributed by atoms with E-state index in [1.165, 1.54) is 27.1 Å². The molecule has 9 heteroatoms. The number of esters is 2. The van der Waals surface area contributed by atoms with E-state index in [4.69, 9.17) is 9.47 Å². The first-order valence-electron chi connectivity index (χ1n) is 10.6. The molecule has 0 bridgehead atoms. The summed E-state index contributed by atoms with van der Waals surface area (Å²) < 4.78 is 42.6. The fraction of sp³-hybridized carbons (Fsp3) is 0.545. The van der Waals surface area contributed by atoms with Crippen LogP contribution in [0.4, 0.5) is 8.63 Å². The summed E-state index contributed by atoms with van der Waals surface area (Å²) in [5.74, 6) is -1.51. The molecule has 31 heavy (non-hydrogen) atoms. The number of hydrogen-bond donors (Lipinski definition) is 0. The lowest BCUT2D eigenvalue weighted by atomic mass is 9.91. The molecule has 0 aliphatic carbocycles. The van der Waals surface area contributed by atoms with Crippen LogP contribution in [0.5, 0.6) is 0 Å². The van der Waals surface area contributed by atoms with Gasteiger partial charge in [-0.15, -0.1) is 0 Å². The molecular formula is C22H34BF2N2O4-. The molecule has 174 valence electrons. The second kappa shape index (κ2) is 10.6. The molecule has 0 saturated carbocycles. The van der Waals surface area contributed by atoms with E-state index in [9.17, 15) is 9.59 Å². The Bertz CT molecular complexity index is 875. The maximum atomic E-state index is 15.8. The van der Waals surface area contributed by atoms with Crippen molar-refractivity contribution in [1.82, 2.24) is 9.29 Å². The molecule has 0 radical (unpaired) electrons. The number of aromatic nitrogens is 1. The molecule has 0 fully saturated rings. The number of carbonyl (C=O) groups excluding carboxylic acids is 2. The van der Waals surface area contributed by atoms with E-state index in [0.717, 1.165) is 9.29 Å². The van der Waals surface area contributed by atoms with Crippen LogP contribution in [0.25, 0.3) is 0 Å². The summed E-state index contributed by atoms with van der Waals surface area (Å²) in [4.78, 5) is 25.2. The van der Waals surface area contributed by atoms with Crippen LogP contribution in [0.3, 0.4) is 0 Å². The van der Waals surface area contributed by atoms with Crippen molar-refractivity contribution in [2.45, 2.75) is 60.8 Å². The van der Waals surface area contributed by atoms with E-state index in [1.54, 1.807) is 13.8 Å². The minimum Gasteiger partial charge on any atom is -0.478 e. The monoisotopic (exact) mass is 439 g/mol. The Morgan fingerprint density at radius 3 is 2.19 bits per heavy atom. The summed E-state index contributed by atoms with van der Waals surface area (Å²) >= 11 is 0. The summed E-state index contributed by atoms with van der Waals surface area (Å²) in [5, 5.41) is 0. The minimum atomic E-state index is -4.33. The van der Waals surface area contributed by atoms with Gasteiger partial charge in [0.25, 0.3) is 0 Å². The number of hydrogen-bond acceptors (Lipinski definition) is 5. The molecule has 0 aliphatic heterocycles. The van der Waals surface area contributed by atoms with Crippen molar-refractivity contribution >= 4 is 18.9 Å². The van der Waals surface area contributed by atoms with Crippen LogP contribution < -0.4 is 0 Å². The average Bonchev–Trinajstić information content (AvgIpc) is 3.00. The van der Waals surface area contributed by atoms with Gasteiger partial charge in [-0.2, -0.15) is 0 Å². The molecule has 1 aromatic rings. The van der Waals surface area contributed by atoms with Gasteiger partial charge in [-0.1, -0.05) is 27.4 Å². The standard InChI is InChI=1S/C22H34BF2N2O4/c1-10-18-19(22(29)31-12-3)17(8)27(20(18)14(4)5)23(24,25)26(9)13-15(6)16(7)21(28)30-11-2/h13-14H,7,10-12H2,1-6,8-9H3/q-1/b15-13+. The van der Waals surface area contributed by atoms with E-state index >= 15 is 8.63 Å². The highest BCUT2D eigenvalue weighted by atomic mass is 19.2. The average molecular weight is 439 g/mol. The molecule has 0 N–H and O–H groups in total. The van der Waals surface area contributed by atoms with Crippen LogP contribution in [0.2, 0.25) is 0 Å². The van der Waals surface area contributed by atoms with Crippen LogP contribution >= 0.6 is 0 Å². The molecule has 1 rings (SSSR count). The Morgan fingerprint density at radius 1 is 1.19 bits per heavy atom. The Labute approximate surface area is 183 Å². The first-order valence-corrected chi connectivity index (χ1v) is 10.6. The van der Waals surface area contributed by atoms with Crippen LogP contribution in [-0.4, -0.2) is 48.5 Å². The lowest BCUT2D eigenvalue weighted by molar-refractivity contribution is -0.138. The largest absolute Gasteiger partial charge is 0.528 e. The van der Waals surface area contributed by atoms with Crippen molar-refractivity contribution in [3.8, 4) is 0 Å². The maximum Gasteiger partial charge on any atom is 0.528 e. The van der Waals surface area contributed by atoms with Gasteiger partial charge < -0.3 is 27.4 Å². The molecule has 0 spiro atoms. The quantitative estimate of drug-likeness (QED) is 0.226. The van der Waals surface area contributed by atoms with Crippen LogP contribution in [0.1, 0.15) is 74.8 Å². The van der Waals surface area contributed by atoms with Gasteiger partial charge in [0.15, 0.2) is 0 Å². The van der Waals surface area contributed by atoms with Crippen molar-refractivity contribution in [3.05, 3.63) is 46.4 Å². The van der Waals surface area contributed by atoms with Crippen LogP contribution in [0, 0.1) is 6.92 Å². The first kappa shape index (κ1) is 26.5. The fourth-order valence-corrected chi connectivity index (χ4v) is 3.69. The highest BCUT2D eigenvalue weighted by molar-refractivity contribution is 6.62. The molecule has 1 aromatic heterocycles. The van der Waals surface area contributed by atoms with E-state index in [2.05, 4.69) is 6.58 Å². The fourth-order valence-electron chi connectivity index (χ4n) is 3.69. The SMILES string of the molecule is C=C(C(=O)OCC)/C(C)=C/N(C)[B-](F)(F)n1c(C)c(C(=O)OCC)c(CC)c1C(C)C. The van der Waals surface area contributed by atoms with Gasteiger partial charge in [-0.05, 0) is 75.8 Å². The highest BCUT2D eigenvalue weighted by Gasteiger charge is 2.39. The van der Waals surface area contributed by atoms with Gasteiger partial charge in [0.2, 0.25) is 0 Å². The molecule has 0 saturated heterocycles. The Morgan fingerprint density at radius 2 is 1.74 bits per heavy atom. The molecule has 0 aromatic carbocycles. The molecule has 0 unspecified atom stereocenters. The first-order chi connectivity index (χ1) is 14.4. The van der Waals surface area contributed by atoms with Gasteiger partial charge in [0.1, 0.15) is 0 Å². The summed E-state index contributed by atoms with van der Waals surface area (Å²) in [5.41, 5.74) is 1.59. The van der Waals surface area contributed by atoms with Gasteiger partial charge in [0.05, 0.1) is 24.4 Å². The summed E-state index contributed by atoms with van der Waals surface area (Å²) in [6.45, 7) is 11.5. The van der Waals surface area contributed by atoms with E-state index in [1.807, 2.05) is 20.8 Å². The highest BCUT2D eigenvalue weighted by Crippen LogP contribution is 2.34. The Balaban J connectivity index is 3.60. The van der Waals surface area contributed by atoms with Crippen LogP contribution in [-0.2, 0) is 20.7 Å². The van der Waals surface area contributed by atoms with Gasteiger partial charge >= 0.3 is 18.9 Å². The van der Waals surface area contributed by atoms with E-state index < -0.39 is 18.9 Å². The van der Waals surface area contributed by atoms with E-state index in [0.29, 0.717) is 17.7 Å². The molecular weight excluding hydrogens is 405 g/mol. The van der Waals surface area contributed by atoms with Crippen molar-refractivity contribution in [1.29, 1.82) is 0 Å². The van der Waals surface area contributed by atoms with Crippen molar-refractivity contribution in [2.24, 2.45) is 0 Å². The molecule has 0 aliphatic rings. The second-order valence-electron chi connectivity index (χ2n) is 7.69. The zero-order chi connectivity index (χ0) is 24.1. The van der Waals surface area contributed by atoms with Crippen molar-refractivity contribution < 1.29 is 27.7 Å². The molecule has 0 atom stereocenters. The zero-order valence-electron chi connectivity index (χ0n) is 19.8. The number of ether oxygens (including phenoxy) is 2. The zero-order valence-corrected chi connectivity index (χ0v) is 19.8.